The van der Waals surface area contributed by atoms with Gasteiger partial charge in [0.25, 0.3) is 0 Å². The van der Waals surface area contributed by atoms with Crippen LogP contribution in [0.25, 0.3) is 0 Å². The molecular weight excluding hydrogens is 297 g/mol. The second kappa shape index (κ2) is 5.60. The topological polar surface area (TPSA) is 43.9 Å². The zero-order chi connectivity index (χ0) is 16.0. The fraction of sp³-hybridized carbons (Fsp3) is 0.529. The minimum absolute atomic E-state index is 0.0605. The molecule has 0 aromatic heterocycles. The highest BCUT2D eigenvalue weighted by Gasteiger charge is 2.49. The minimum atomic E-state index is -0.405. The van der Waals surface area contributed by atoms with Gasteiger partial charge in [0.1, 0.15) is 17.9 Å². The van der Waals surface area contributed by atoms with E-state index in [1.165, 1.54) is 6.07 Å². The van der Waals surface area contributed by atoms with E-state index < -0.39 is 6.04 Å². The van der Waals surface area contributed by atoms with Crippen LogP contribution in [0.1, 0.15) is 18.4 Å². The molecule has 0 bridgehead atoms. The first-order valence-corrected chi connectivity index (χ1v) is 8.22. The Bertz CT molecular complexity index is 650. The summed E-state index contributed by atoms with van der Waals surface area (Å²) in [6, 6.07) is 6.07. The number of carbonyl (C=O) groups is 2. The molecule has 0 N–H and O–H groups in total. The van der Waals surface area contributed by atoms with Crippen molar-refractivity contribution < 1.29 is 14.0 Å². The van der Waals surface area contributed by atoms with Crippen LogP contribution < -0.4 is 0 Å². The zero-order valence-electron chi connectivity index (χ0n) is 12.9. The number of hydrogen-bond acceptors (Lipinski definition) is 3. The van der Waals surface area contributed by atoms with Crippen LogP contribution >= 0.6 is 0 Å². The second-order valence-corrected chi connectivity index (χ2v) is 6.56. The zero-order valence-corrected chi connectivity index (χ0v) is 12.9. The van der Waals surface area contributed by atoms with Gasteiger partial charge in [-0.15, -0.1) is 0 Å². The summed E-state index contributed by atoms with van der Waals surface area (Å²) >= 11 is 0. The monoisotopic (exact) mass is 317 g/mol. The number of rotatable bonds is 2. The molecule has 0 spiro atoms. The lowest BCUT2D eigenvalue weighted by Gasteiger charge is -2.47. The third-order valence-corrected chi connectivity index (χ3v) is 5.21. The Morgan fingerprint density at radius 2 is 1.74 bits per heavy atom. The van der Waals surface area contributed by atoms with E-state index in [1.54, 1.807) is 21.9 Å². The van der Waals surface area contributed by atoms with Crippen LogP contribution in [0.2, 0.25) is 0 Å². The van der Waals surface area contributed by atoms with E-state index in [-0.39, 0.29) is 23.7 Å². The maximum atomic E-state index is 13.8. The van der Waals surface area contributed by atoms with Crippen molar-refractivity contribution in [1.29, 1.82) is 0 Å². The fourth-order valence-corrected chi connectivity index (χ4v) is 4.00. The summed E-state index contributed by atoms with van der Waals surface area (Å²) in [6.45, 7) is 2.88. The van der Waals surface area contributed by atoms with Gasteiger partial charge < -0.3 is 9.80 Å². The van der Waals surface area contributed by atoms with Crippen LogP contribution in [-0.4, -0.2) is 64.8 Å². The van der Waals surface area contributed by atoms with E-state index >= 15 is 0 Å². The van der Waals surface area contributed by atoms with Gasteiger partial charge in [-0.1, -0.05) is 18.2 Å². The Balaban J connectivity index is 1.51. The van der Waals surface area contributed by atoms with Crippen LogP contribution in [0.4, 0.5) is 4.39 Å². The average Bonchev–Trinajstić information content (AvgIpc) is 3.05. The van der Waals surface area contributed by atoms with Gasteiger partial charge in [0.05, 0.1) is 0 Å². The normalized spacial score (nSPS) is 28.0. The molecule has 2 atom stereocenters. The summed E-state index contributed by atoms with van der Waals surface area (Å²) in [5, 5.41) is 0. The first kappa shape index (κ1) is 14.6. The number of piperazine rings is 2. The van der Waals surface area contributed by atoms with Gasteiger partial charge in [-0.3, -0.25) is 14.5 Å². The molecule has 3 fully saturated rings. The molecule has 0 saturated carbocycles. The molecule has 3 saturated heterocycles. The predicted octanol–water partition coefficient (Wildman–Crippen LogP) is 0.843. The number of nitrogens with zero attached hydrogens (tertiary/aromatic N) is 3. The number of halogens is 1. The van der Waals surface area contributed by atoms with Crippen molar-refractivity contribution in [3.63, 3.8) is 0 Å². The SMILES string of the molecule is O=C1[C@H]2CN(Cc3ccccc3F)CCN2C(=O)[C@H]2CCCN12. The smallest absolute Gasteiger partial charge is 0.247 e. The van der Waals surface area contributed by atoms with Crippen molar-refractivity contribution in [2.24, 2.45) is 0 Å². The predicted molar refractivity (Wildman–Crippen MR) is 81.9 cm³/mol. The standard InChI is InChI=1S/C17H20FN3O2/c18-13-5-2-1-4-12(13)10-19-8-9-21-15(11-19)17(23)20-7-3-6-14(20)16(21)22/h1-2,4-5,14-15H,3,6-11H2/t14-,15-/m1/s1. The lowest BCUT2D eigenvalue weighted by atomic mass is 10.0. The Morgan fingerprint density at radius 3 is 2.57 bits per heavy atom. The summed E-state index contributed by atoms with van der Waals surface area (Å²) < 4.78 is 13.8. The number of amides is 2. The second-order valence-electron chi connectivity index (χ2n) is 6.56. The molecule has 23 heavy (non-hydrogen) atoms. The summed E-state index contributed by atoms with van der Waals surface area (Å²) in [7, 11) is 0. The Hall–Kier alpha value is -1.95. The number of benzene rings is 1. The van der Waals surface area contributed by atoms with E-state index in [0.29, 0.717) is 38.3 Å². The molecule has 3 aliphatic rings. The Kier molecular flexibility index (Phi) is 3.56. The lowest BCUT2D eigenvalue weighted by molar-refractivity contribution is -0.163. The highest BCUT2D eigenvalue weighted by molar-refractivity contribution is 5.97. The van der Waals surface area contributed by atoms with Crippen molar-refractivity contribution >= 4 is 11.8 Å². The minimum Gasteiger partial charge on any atom is -0.329 e. The molecule has 6 heteroatoms. The maximum Gasteiger partial charge on any atom is 0.247 e. The summed E-state index contributed by atoms with van der Waals surface area (Å²) in [4.78, 5) is 30.8. The Morgan fingerprint density at radius 1 is 1.00 bits per heavy atom. The molecule has 0 aliphatic carbocycles. The van der Waals surface area contributed by atoms with Gasteiger partial charge in [0, 0.05) is 38.3 Å². The maximum absolute atomic E-state index is 13.8. The van der Waals surface area contributed by atoms with Gasteiger partial charge in [0.15, 0.2) is 0 Å². The van der Waals surface area contributed by atoms with Crippen LogP contribution in [-0.2, 0) is 16.1 Å². The number of carbonyl (C=O) groups excluding carboxylic acids is 2. The van der Waals surface area contributed by atoms with Crippen LogP contribution in [0.15, 0.2) is 24.3 Å². The van der Waals surface area contributed by atoms with Crippen molar-refractivity contribution in [1.82, 2.24) is 14.7 Å². The summed E-state index contributed by atoms with van der Waals surface area (Å²) in [6.07, 6.45) is 1.69. The third kappa shape index (κ3) is 2.41. The molecule has 0 unspecified atom stereocenters. The first-order chi connectivity index (χ1) is 11.1. The van der Waals surface area contributed by atoms with Crippen LogP contribution in [0, 0.1) is 5.82 Å². The van der Waals surface area contributed by atoms with Crippen molar-refractivity contribution in [2.45, 2.75) is 31.5 Å². The van der Waals surface area contributed by atoms with Gasteiger partial charge in [-0.05, 0) is 18.9 Å². The summed E-state index contributed by atoms with van der Waals surface area (Å²) in [5.74, 6) is -0.0661. The van der Waals surface area contributed by atoms with Gasteiger partial charge in [-0.2, -0.15) is 0 Å². The molecule has 1 aromatic carbocycles. The van der Waals surface area contributed by atoms with Crippen LogP contribution in [0.5, 0.6) is 0 Å². The number of fused-ring (bicyclic) bond motifs is 2. The van der Waals surface area contributed by atoms with Gasteiger partial charge >= 0.3 is 0 Å². The van der Waals surface area contributed by atoms with Crippen molar-refractivity contribution in [3.8, 4) is 0 Å². The van der Waals surface area contributed by atoms with E-state index in [9.17, 15) is 14.0 Å². The molecule has 2 amide bonds. The number of hydrogen-bond donors (Lipinski definition) is 0. The van der Waals surface area contributed by atoms with E-state index in [1.807, 2.05) is 6.07 Å². The largest absolute Gasteiger partial charge is 0.329 e. The third-order valence-electron chi connectivity index (χ3n) is 5.21. The molecule has 3 heterocycles. The molecule has 122 valence electrons. The molecular formula is C17H20FN3O2. The molecule has 1 aromatic rings. The van der Waals surface area contributed by atoms with E-state index in [4.69, 9.17) is 0 Å². The van der Waals surface area contributed by atoms with E-state index in [2.05, 4.69) is 4.90 Å². The highest BCUT2D eigenvalue weighted by Crippen LogP contribution is 2.29. The highest BCUT2D eigenvalue weighted by atomic mass is 19.1. The Labute approximate surface area is 134 Å². The molecule has 0 radical (unpaired) electrons. The summed E-state index contributed by atoms with van der Waals surface area (Å²) in [5.41, 5.74) is 0.634. The van der Waals surface area contributed by atoms with Gasteiger partial charge in [0.2, 0.25) is 11.8 Å². The molecule has 4 rings (SSSR count). The van der Waals surface area contributed by atoms with Gasteiger partial charge in [-0.25, -0.2) is 4.39 Å². The van der Waals surface area contributed by atoms with Crippen LogP contribution in [0.3, 0.4) is 0 Å². The van der Waals surface area contributed by atoms with Crippen molar-refractivity contribution in [3.05, 3.63) is 35.6 Å². The molecule has 3 aliphatic heterocycles. The van der Waals surface area contributed by atoms with Crippen molar-refractivity contribution in [2.75, 3.05) is 26.2 Å². The quantitative estimate of drug-likeness (QED) is 0.812. The van der Waals surface area contributed by atoms with E-state index in [0.717, 1.165) is 12.8 Å². The molecule has 5 nitrogen and oxygen atoms in total. The average molecular weight is 317 g/mol. The first-order valence-electron chi connectivity index (χ1n) is 8.22. The fourth-order valence-electron chi connectivity index (χ4n) is 4.00. The lowest BCUT2D eigenvalue weighted by Crippen LogP contribution is -2.68.